The van der Waals surface area contributed by atoms with E-state index in [0.717, 1.165) is 16.3 Å². The molecule has 1 aliphatic heterocycles. The Morgan fingerprint density at radius 2 is 1.90 bits per heavy atom. The standard InChI is InChI=1S/C22H24N4O3S2/c1-16-24-18(15-30-16)14-26-12-11-20(19-9-5-6-10-21(19)31(26,28)29)25-22(27)23-13-17-7-3-2-4-8-17/h2-10,15,20H,11-14H2,1H3,(H2,23,25,27)/t20-/m1/s1. The predicted octanol–water partition coefficient (Wildman–Crippen LogP) is 3.59. The Morgan fingerprint density at radius 1 is 1.16 bits per heavy atom. The molecule has 2 N–H and O–H groups in total. The highest BCUT2D eigenvalue weighted by Crippen LogP contribution is 2.32. The van der Waals surface area contributed by atoms with E-state index in [1.807, 2.05) is 42.6 Å². The maximum Gasteiger partial charge on any atom is 0.315 e. The van der Waals surface area contributed by atoms with Crippen LogP contribution in [0.1, 0.15) is 34.3 Å². The van der Waals surface area contributed by atoms with E-state index in [1.54, 1.807) is 24.3 Å². The van der Waals surface area contributed by atoms with Crippen LogP contribution in [-0.2, 0) is 23.1 Å². The molecule has 2 aromatic carbocycles. The summed E-state index contributed by atoms with van der Waals surface area (Å²) in [4.78, 5) is 17.2. The number of hydrogen-bond donors (Lipinski definition) is 2. The van der Waals surface area contributed by atoms with Crippen molar-refractivity contribution in [2.45, 2.75) is 37.4 Å². The molecule has 0 bridgehead atoms. The summed E-state index contributed by atoms with van der Waals surface area (Å²) in [7, 11) is -3.71. The van der Waals surface area contributed by atoms with Crippen LogP contribution in [-0.4, -0.2) is 30.3 Å². The number of hydrogen-bond acceptors (Lipinski definition) is 5. The average Bonchev–Trinajstić information content (AvgIpc) is 3.15. The molecule has 0 spiro atoms. The molecule has 1 aliphatic rings. The second-order valence-corrected chi connectivity index (χ2v) is 10.4. The van der Waals surface area contributed by atoms with Gasteiger partial charge in [0, 0.05) is 18.5 Å². The van der Waals surface area contributed by atoms with E-state index in [-0.39, 0.29) is 24.0 Å². The van der Waals surface area contributed by atoms with Crippen molar-refractivity contribution in [2.24, 2.45) is 0 Å². The van der Waals surface area contributed by atoms with Crippen molar-refractivity contribution in [3.05, 3.63) is 81.8 Å². The van der Waals surface area contributed by atoms with E-state index in [4.69, 9.17) is 0 Å². The lowest BCUT2D eigenvalue weighted by Gasteiger charge is -2.19. The first kappa shape index (κ1) is 21.5. The van der Waals surface area contributed by atoms with Crippen molar-refractivity contribution in [3.63, 3.8) is 0 Å². The molecule has 0 fully saturated rings. The summed E-state index contributed by atoms with van der Waals surface area (Å²) in [6.07, 6.45) is 0.470. The van der Waals surface area contributed by atoms with Gasteiger partial charge < -0.3 is 10.6 Å². The van der Waals surface area contributed by atoms with Crippen molar-refractivity contribution < 1.29 is 13.2 Å². The number of rotatable bonds is 5. The molecule has 4 rings (SSSR count). The normalized spacial score (nSPS) is 18.0. The minimum atomic E-state index is -3.71. The molecule has 0 aliphatic carbocycles. The number of benzene rings is 2. The molecule has 1 aromatic heterocycles. The average molecular weight is 457 g/mol. The van der Waals surface area contributed by atoms with Crippen LogP contribution in [0.25, 0.3) is 0 Å². The molecule has 0 saturated heterocycles. The first-order valence-electron chi connectivity index (χ1n) is 10.0. The van der Waals surface area contributed by atoms with Crippen LogP contribution in [0.15, 0.2) is 64.9 Å². The van der Waals surface area contributed by atoms with Crippen LogP contribution in [0.4, 0.5) is 4.79 Å². The van der Waals surface area contributed by atoms with Gasteiger partial charge in [0.1, 0.15) is 0 Å². The predicted molar refractivity (Wildman–Crippen MR) is 120 cm³/mol. The van der Waals surface area contributed by atoms with Gasteiger partial charge in [-0.2, -0.15) is 4.31 Å². The highest BCUT2D eigenvalue weighted by atomic mass is 32.2. The SMILES string of the molecule is Cc1nc(CN2CC[C@@H](NC(=O)NCc3ccccc3)c3ccccc3S2(=O)=O)cs1. The highest BCUT2D eigenvalue weighted by Gasteiger charge is 2.34. The first-order chi connectivity index (χ1) is 14.9. The lowest BCUT2D eigenvalue weighted by Crippen LogP contribution is -2.38. The van der Waals surface area contributed by atoms with Gasteiger partial charge in [-0.05, 0) is 30.5 Å². The largest absolute Gasteiger partial charge is 0.334 e. The van der Waals surface area contributed by atoms with Gasteiger partial charge in [-0.15, -0.1) is 11.3 Å². The fraction of sp³-hybridized carbons (Fsp3) is 0.273. The smallest absolute Gasteiger partial charge is 0.315 e. The van der Waals surface area contributed by atoms with Crippen LogP contribution < -0.4 is 10.6 Å². The second kappa shape index (κ2) is 9.17. The van der Waals surface area contributed by atoms with Crippen LogP contribution in [0, 0.1) is 6.92 Å². The fourth-order valence-electron chi connectivity index (χ4n) is 3.65. The molecule has 0 radical (unpaired) electrons. The van der Waals surface area contributed by atoms with Crippen molar-refractivity contribution in [2.75, 3.05) is 6.54 Å². The van der Waals surface area contributed by atoms with Crippen LogP contribution in [0.3, 0.4) is 0 Å². The number of carbonyl (C=O) groups is 1. The number of aromatic nitrogens is 1. The quantitative estimate of drug-likeness (QED) is 0.614. The van der Waals surface area contributed by atoms with Gasteiger partial charge in [0.25, 0.3) is 0 Å². The number of thiazole rings is 1. The van der Waals surface area contributed by atoms with Gasteiger partial charge in [-0.1, -0.05) is 48.5 Å². The Balaban J connectivity index is 1.53. The van der Waals surface area contributed by atoms with Crippen molar-refractivity contribution in [3.8, 4) is 0 Å². The maximum absolute atomic E-state index is 13.4. The highest BCUT2D eigenvalue weighted by molar-refractivity contribution is 7.89. The van der Waals surface area contributed by atoms with E-state index < -0.39 is 16.1 Å². The van der Waals surface area contributed by atoms with Crippen LogP contribution >= 0.6 is 11.3 Å². The topological polar surface area (TPSA) is 91.4 Å². The van der Waals surface area contributed by atoms with Crippen molar-refractivity contribution in [1.29, 1.82) is 0 Å². The summed E-state index contributed by atoms with van der Waals surface area (Å²) < 4.78 is 28.1. The Kier molecular flexibility index (Phi) is 6.35. The maximum atomic E-state index is 13.4. The number of urea groups is 1. The molecular weight excluding hydrogens is 432 g/mol. The number of sulfonamides is 1. The van der Waals surface area contributed by atoms with Crippen molar-refractivity contribution in [1.82, 2.24) is 19.9 Å². The zero-order valence-corrected chi connectivity index (χ0v) is 18.7. The molecule has 2 heterocycles. The zero-order valence-electron chi connectivity index (χ0n) is 17.1. The van der Waals surface area contributed by atoms with Gasteiger partial charge >= 0.3 is 6.03 Å². The van der Waals surface area contributed by atoms with Gasteiger partial charge in [-0.3, -0.25) is 0 Å². The molecule has 7 nitrogen and oxygen atoms in total. The Hall–Kier alpha value is -2.75. The Labute approximate surface area is 186 Å². The summed E-state index contributed by atoms with van der Waals surface area (Å²) in [6.45, 7) is 2.80. The zero-order chi connectivity index (χ0) is 21.8. The van der Waals surface area contributed by atoms with Crippen LogP contribution in [0.5, 0.6) is 0 Å². The van der Waals surface area contributed by atoms with Gasteiger partial charge in [0.2, 0.25) is 10.0 Å². The number of fused-ring (bicyclic) bond motifs is 1. The molecule has 162 valence electrons. The molecule has 0 unspecified atom stereocenters. The summed E-state index contributed by atoms with van der Waals surface area (Å²) in [6, 6.07) is 15.8. The number of nitrogens with zero attached hydrogens (tertiary/aromatic N) is 2. The monoisotopic (exact) mass is 456 g/mol. The molecule has 0 saturated carbocycles. The van der Waals surface area contributed by atoms with E-state index in [1.165, 1.54) is 15.6 Å². The van der Waals surface area contributed by atoms with Crippen molar-refractivity contribution >= 4 is 27.4 Å². The van der Waals surface area contributed by atoms with E-state index in [0.29, 0.717) is 18.5 Å². The van der Waals surface area contributed by atoms with Gasteiger partial charge in [0.05, 0.1) is 28.2 Å². The lowest BCUT2D eigenvalue weighted by molar-refractivity contribution is 0.235. The second-order valence-electron chi connectivity index (χ2n) is 7.39. The molecular formula is C22H24N4O3S2. The van der Waals surface area contributed by atoms with E-state index in [9.17, 15) is 13.2 Å². The summed E-state index contributed by atoms with van der Waals surface area (Å²) in [5.41, 5.74) is 2.33. The van der Waals surface area contributed by atoms with Gasteiger partial charge in [0.15, 0.2) is 0 Å². The molecule has 2 amide bonds. The number of nitrogens with one attached hydrogen (secondary N) is 2. The van der Waals surface area contributed by atoms with Gasteiger partial charge in [-0.25, -0.2) is 18.2 Å². The summed E-state index contributed by atoms with van der Waals surface area (Å²) >= 11 is 1.50. The van der Waals surface area contributed by atoms with E-state index >= 15 is 0 Å². The lowest BCUT2D eigenvalue weighted by atomic mass is 10.0. The van der Waals surface area contributed by atoms with E-state index in [2.05, 4.69) is 15.6 Å². The first-order valence-corrected chi connectivity index (χ1v) is 12.3. The third-order valence-corrected chi connectivity index (χ3v) is 7.93. The third-order valence-electron chi connectivity index (χ3n) is 5.19. The van der Waals surface area contributed by atoms with Crippen LogP contribution in [0.2, 0.25) is 0 Å². The summed E-state index contributed by atoms with van der Waals surface area (Å²) in [5, 5.41) is 8.59. The number of aryl methyl sites for hydroxylation is 1. The minimum absolute atomic E-state index is 0.216. The molecule has 31 heavy (non-hydrogen) atoms. The molecule has 9 heteroatoms. The fourth-order valence-corrected chi connectivity index (χ4v) is 5.94. The third kappa shape index (κ3) is 4.95. The Bertz CT molecular complexity index is 1160. The summed E-state index contributed by atoms with van der Waals surface area (Å²) in [5.74, 6) is 0. The molecule has 3 aromatic rings. The number of amides is 2. The molecule has 1 atom stereocenters. The Morgan fingerprint density at radius 3 is 2.65 bits per heavy atom. The number of carbonyl (C=O) groups excluding carboxylic acids is 1. The minimum Gasteiger partial charge on any atom is -0.334 e.